The van der Waals surface area contributed by atoms with Crippen LogP contribution in [0.3, 0.4) is 0 Å². The maximum Gasteiger partial charge on any atom is 0.407 e. The molecule has 0 spiro atoms. The number of hydrogen-bond acceptors (Lipinski definition) is 6. The molecule has 1 aliphatic rings. The number of carboxylic acids is 1. The highest BCUT2D eigenvalue weighted by Crippen LogP contribution is 2.44. The van der Waals surface area contributed by atoms with E-state index in [1.54, 1.807) is 7.05 Å². The summed E-state index contributed by atoms with van der Waals surface area (Å²) in [6.45, 7) is 0.291. The minimum Gasteiger partial charge on any atom is -0.478 e. The number of nitrogens with zero attached hydrogens (tertiary/aromatic N) is 2. The fourth-order valence-electron chi connectivity index (χ4n) is 4.12. The number of ether oxygens (including phenoxy) is 2. The Morgan fingerprint density at radius 3 is 2.34 bits per heavy atom. The normalized spacial score (nSPS) is 12.0. The molecule has 4 rings (SSSR count). The van der Waals surface area contributed by atoms with Gasteiger partial charge < -0.3 is 25.2 Å². The molecule has 0 saturated carbocycles. The lowest BCUT2D eigenvalue weighted by atomic mass is 9.98. The number of aromatic nitrogens is 2. The van der Waals surface area contributed by atoms with E-state index in [-0.39, 0.29) is 44.4 Å². The molecule has 10 heteroatoms. The molecule has 1 heterocycles. The van der Waals surface area contributed by atoms with E-state index in [2.05, 4.69) is 40.0 Å². The Morgan fingerprint density at radius 2 is 1.69 bits per heavy atom. The Kier molecular flexibility index (Phi) is 7.41. The molecule has 2 aromatic carbocycles. The van der Waals surface area contributed by atoms with Gasteiger partial charge in [0.1, 0.15) is 18.8 Å². The number of alkyl carbamates (subject to hydrolysis) is 1. The van der Waals surface area contributed by atoms with Crippen molar-refractivity contribution >= 4 is 18.0 Å². The third-order valence-corrected chi connectivity index (χ3v) is 5.84. The molecule has 0 bridgehead atoms. The predicted molar refractivity (Wildman–Crippen MR) is 126 cm³/mol. The molecule has 3 aromatic rings. The first kappa shape index (κ1) is 24.0. The van der Waals surface area contributed by atoms with Crippen LogP contribution in [0.4, 0.5) is 4.79 Å². The van der Waals surface area contributed by atoms with Gasteiger partial charge in [-0.2, -0.15) is 5.10 Å². The van der Waals surface area contributed by atoms with E-state index in [0.29, 0.717) is 5.69 Å². The molecular weight excluding hydrogens is 452 g/mol. The molecule has 1 aromatic heterocycles. The highest BCUT2D eigenvalue weighted by Gasteiger charge is 2.28. The lowest BCUT2D eigenvalue weighted by Crippen LogP contribution is -2.32. The molecule has 10 nitrogen and oxygen atoms in total. The van der Waals surface area contributed by atoms with Gasteiger partial charge in [-0.1, -0.05) is 48.5 Å². The lowest BCUT2D eigenvalue weighted by Gasteiger charge is -2.14. The predicted octanol–water partition coefficient (Wildman–Crippen LogP) is 2.29. The number of carbonyl (C=O) groups is 3. The molecule has 35 heavy (non-hydrogen) atoms. The van der Waals surface area contributed by atoms with E-state index >= 15 is 0 Å². The van der Waals surface area contributed by atoms with Crippen LogP contribution < -0.4 is 10.6 Å². The van der Waals surface area contributed by atoms with Crippen LogP contribution >= 0.6 is 0 Å². The van der Waals surface area contributed by atoms with Gasteiger partial charge in [-0.25, -0.2) is 9.59 Å². The van der Waals surface area contributed by atoms with Crippen LogP contribution in [0, 0.1) is 0 Å². The summed E-state index contributed by atoms with van der Waals surface area (Å²) in [5, 5.41) is 18.2. The molecule has 0 aliphatic heterocycles. The number of carboxylic acid groups (broad SMARTS) is 1. The van der Waals surface area contributed by atoms with Crippen molar-refractivity contribution in [2.45, 2.75) is 12.5 Å². The number of aryl methyl sites for hydroxylation is 1. The maximum atomic E-state index is 12.1. The van der Waals surface area contributed by atoms with Gasteiger partial charge in [-0.15, -0.1) is 0 Å². The standard InChI is InChI=1S/C25H26N4O6/c1-29-22(20(12-28-29)24(31)32)13-27-23(30)15-34-11-10-26-25(33)35-14-21-18-8-4-2-6-16(18)17-7-3-5-9-19(17)21/h2-9,12,21H,10-11,13-15H2,1H3,(H,26,33)(H,27,30)(H,31,32). The van der Waals surface area contributed by atoms with Gasteiger partial charge in [0, 0.05) is 19.5 Å². The Hall–Kier alpha value is -4.18. The van der Waals surface area contributed by atoms with Gasteiger partial charge in [0.25, 0.3) is 0 Å². The zero-order chi connectivity index (χ0) is 24.8. The summed E-state index contributed by atoms with van der Waals surface area (Å²) < 4.78 is 12.1. The summed E-state index contributed by atoms with van der Waals surface area (Å²) in [6, 6.07) is 16.2. The smallest absolute Gasteiger partial charge is 0.407 e. The van der Waals surface area contributed by atoms with E-state index in [4.69, 9.17) is 14.6 Å². The number of aromatic carboxylic acids is 1. The van der Waals surface area contributed by atoms with Crippen LogP contribution in [-0.4, -0.2) is 59.2 Å². The first-order valence-electron chi connectivity index (χ1n) is 11.1. The molecule has 0 fully saturated rings. The second-order valence-electron chi connectivity index (χ2n) is 8.02. The highest BCUT2D eigenvalue weighted by atomic mass is 16.5. The van der Waals surface area contributed by atoms with Crippen LogP contribution in [0.2, 0.25) is 0 Å². The molecular formula is C25H26N4O6. The Balaban J connectivity index is 1.15. The molecule has 0 atom stereocenters. The third kappa shape index (κ3) is 5.49. The van der Waals surface area contributed by atoms with Crippen LogP contribution in [0.15, 0.2) is 54.7 Å². The maximum absolute atomic E-state index is 12.1. The minimum absolute atomic E-state index is 0.0122. The van der Waals surface area contributed by atoms with E-state index in [1.165, 1.54) is 10.9 Å². The second kappa shape index (κ2) is 10.8. The average molecular weight is 479 g/mol. The number of amides is 2. The zero-order valence-electron chi connectivity index (χ0n) is 19.2. The Morgan fingerprint density at radius 1 is 1.03 bits per heavy atom. The largest absolute Gasteiger partial charge is 0.478 e. The van der Waals surface area contributed by atoms with Crippen LogP contribution in [0.25, 0.3) is 11.1 Å². The average Bonchev–Trinajstić information content (AvgIpc) is 3.39. The molecule has 2 amide bonds. The number of fused-ring (bicyclic) bond motifs is 3. The van der Waals surface area contributed by atoms with Gasteiger partial charge in [-0.3, -0.25) is 9.48 Å². The Labute approximate surface area is 201 Å². The van der Waals surface area contributed by atoms with E-state index in [0.717, 1.165) is 22.3 Å². The Bertz CT molecular complexity index is 1190. The van der Waals surface area contributed by atoms with E-state index in [9.17, 15) is 14.4 Å². The number of nitrogens with one attached hydrogen (secondary N) is 2. The van der Waals surface area contributed by atoms with Gasteiger partial charge in [0.15, 0.2) is 0 Å². The summed E-state index contributed by atoms with van der Waals surface area (Å²) >= 11 is 0. The fraction of sp³-hybridized carbons (Fsp3) is 0.280. The first-order valence-corrected chi connectivity index (χ1v) is 11.1. The van der Waals surface area contributed by atoms with E-state index in [1.807, 2.05) is 24.3 Å². The minimum atomic E-state index is -1.11. The first-order chi connectivity index (χ1) is 17.0. The monoisotopic (exact) mass is 478 g/mol. The molecule has 0 saturated heterocycles. The van der Waals surface area contributed by atoms with Crippen molar-refractivity contribution in [1.29, 1.82) is 0 Å². The summed E-state index contributed by atoms with van der Waals surface area (Å²) in [7, 11) is 1.60. The summed E-state index contributed by atoms with van der Waals surface area (Å²) in [5.74, 6) is -1.55. The number of benzene rings is 2. The van der Waals surface area contributed by atoms with Gasteiger partial charge in [0.2, 0.25) is 5.91 Å². The zero-order valence-corrected chi connectivity index (χ0v) is 19.2. The lowest BCUT2D eigenvalue weighted by molar-refractivity contribution is -0.125. The summed E-state index contributed by atoms with van der Waals surface area (Å²) in [6.07, 6.45) is 0.673. The second-order valence-corrected chi connectivity index (χ2v) is 8.02. The van der Waals surface area contributed by atoms with Crippen molar-refractivity contribution in [3.63, 3.8) is 0 Å². The number of rotatable bonds is 10. The van der Waals surface area contributed by atoms with Gasteiger partial charge in [0.05, 0.1) is 25.0 Å². The topological polar surface area (TPSA) is 132 Å². The van der Waals surface area contributed by atoms with E-state index < -0.39 is 18.0 Å². The molecule has 3 N–H and O–H groups in total. The molecule has 1 aliphatic carbocycles. The molecule has 0 unspecified atom stereocenters. The SMILES string of the molecule is Cn1ncc(C(=O)O)c1CNC(=O)COCCNC(=O)OCC1c2ccccc2-c2ccccc21. The van der Waals surface area contributed by atoms with Crippen molar-refractivity contribution in [2.24, 2.45) is 7.05 Å². The van der Waals surface area contributed by atoms with Crippen molar-refractivity contribution in [2.75, 3.05) is 26.4 Å². The van der Waals surface area contributed by atoms with Crippen LogP contribution in [0.5, 0.6) is 0 Å². The third-order valence-electron chi connectivity index (χ3n) is 5.84. The summed E-state index contributed by atoms with van der Waals surface area (Å²) in [5.41, 5.74) is 5.00. The van der Waals surface area contributed by atoms with Crippen molar-refractivity contribution in [3.8, 4) is 11.1 Å². The van der Waals surface area contributed by atoms with Crippen LogP contribution in [-0.2, 0) is 27.9 Å². The van der Waals surface area contributed by atoms with Crippen LogP contribution in [0.1, 0.15) is 33.1 Å². The van der Waals surface area contributed by atoms with Crippen molar-refractivity contribution in [3.05, 3.63) is 77.1 Å². The van der Waals surface area contributed by atoms with Crippen molar-refractivity contribution in [1.82, 2.24) is 20.4 Å². The fourth-order valence-corrected chi connectivity index (χ4v) is 4.12. The molecule has 182 valence electrons. The number of hydrogen-bond donors (Lipinski definition) is 3. The quantitative estimate of drug-likeness (QED) is 0.381. The van der Waals surface area contributed by atoms with Gasteiger partial charge >= 0.3 is 12.1 Å². The molecule has 0 radical (unpaired) electrons. The van der Waals surface area contributed by atoms with Gasteiger partial charge in [-0.05, 0) is 22.3 Å². The number of carbonyl (C=O) groups excluding carboxylic acids is 2. The highest BCUT2D eigenvalue weighted by molar-refractivity contribution is 5.88. The van der Waals surface area contributed by atoms with Crippen molar-refractivity contribution < 1.29 is 29.0 Å². The summed E-state index contributed by atoms with van der Waals surface area (Å²) in [4.78, 5) is 35.3.